The van der Waals surface area contributed by atoms with Crippen molar-refractivity contribution in [2.75, 3.05) is 17.2 Å². The summed E-state index contributed by atoms with van der Waals surface area (Å²) in [6.45, 7) is 1.78. The van der Waals surface area contributed by atoms with Crippen molar-refractivity contribution in [3.8, 4) is 0 Å². The SMILES string of the molecule is CC(=O)Nc1cccc(NC(=O)CNC2CCCC2)c1. The summed E-state index contributed by atoms with van der Waals surface area (Å²) in [4.78, 5) is 22.8. The van der Waals surface area contributed by atoms with Gasteiger partial charge in [-0.1, -0.05) is 18.9 Å². The van der Waals surface area contributed by atoms with Crippen molar-refractivity contribution in [1.82, 2.24) is 5.32 Å². The Hall–Kier alpha value is -1.88. The third-order valence-electron chi connectivity index (χ3n) is 3.37. The number of rotatable bonds is 5. The average Bonchev–Trinajstić information content (AvgIpc) is 2.89. The lowest BCUT2D eigenvalue weighted by molar-refractivity contribution is -0.115. The lowest BCUT2D eigenvalue weighted by atomic mass is 10.2. The van der Waals surface area contributed by atoms with E-state index in [2.05, 4.69) is 16.0 Å². The first-order chi connectivity index (χ1) is 9.63. The highest BCUT2D eigenvalue weighted by atomic mass is 16.2. The zero-order chi connectivity index (χ0) is 14.4. The van der Waals surface area contributed by atoms with Gasteiger partial charge >= 0.3 is 0 Å². The number of amides is 2. The van der Waals surface area contributed by atoms with Gasteiger partial charge in [-0.2, -0.15) is 0 Å². The van der Waals surface area contributed by atoms with Gasteiger partial charge in [-0.3, -0.25) is 9.59 Å². The Bertz CT molecular complexity index is 482. The highest BCUT2D eigenvalue weighted by Crippen LogP contribution is 2.17. The summed E-state index contributed by atoms with van der Waals surface area (Å²) in [5, 5.41) is 8.78. The summed E-state index contributed by atoms with van der Waals surface area (Å²) in [6, 6.07) is 7.61. The molecule has 1 aliphatic carbocycles. The standard InChI is InChI=1S/C15H21N3O2/c1-11(19)17-13-7-4-8-14(9-13)18-15(20)10-16-12-5-2-3-6-12/h4,7-9,12,16H,2-3,5-6,10H2,1H3,(H,17,19)(H,18,20). The molecule has 5 nitrogen and oxygen atoms in total. The molecule has 1 saturated carbocycles. The molecule has 0 radical (unpaired) electrons. The molecule has 2 amide bonds. The van der Waals surface area contributed by atoms with Crippen LogP contribution in [-0.2, 0) is 9.59 Å². The molecule has 1 fully saturated rings. The van der Waals surface area contributed by atoms with Crippen LogP contribution in [-0.4, -0.2) is 24.4 Å². The number of hydrogen-bond donors (Lipinski definition) is 3. The Morgan fingerprint density at radius 3 is 2.45 bits per heavy atom. The summed E-state index contributed by atoms with van der Waals surface area (Å²) in [5.41, 5.74) is 1.37. The normalized spacial score (nSPS) is 15.1. The number of anilines is 2. The summed E-state index contributed by atoms with van der Waals surface area (Å²) < 4.78 is 0. The second-order valence-electron chi connectivity index (χ2n) is 5.17. The molecule has 20 heavy (non-hydrogen) atoms. The van der Waals surface area contributed by atoms with Crippen molar-refractivity contribution < 1.29 is 9.59 Å². The van der Waals surface area contributed by atoms with Crippen LogP contribution >= 0.6 is 0 Å². The number of nitrogens with one attached hydrogen (secondary N) is 3. The van der Waals surface area contributed by atoms with E-state index in [9.17, 15) is 9.59 Å². The third-order valence-corrected chi connectivity index (χ3v) is 3.37. The smallest absolute Gasteiger partial charge is 0.238 e. The lowest BCUT2D eigenvalue weighted by Crippen LogP contribution is -2.34. The molecular formula is C15H21N3O2. The molecule has 0 spiro atoms. The molecule has 0 atom stereocenters. The van der Waals surface area contributed by atoms with E-state index in [-0.39, 0.29) is 11.8 Å². The molecule has 3 N–H and O–H groups in total. The van der Waals surface area contributed by atoms with E-state index in [0.29, 0.717) is 24.0 Å². The third kappa shape index (κ3) is 4.66. The van der Waals surface area contributed by atoms with Crippen LogP contribution in [0.5, 0.6) is 0 Å². The quantitative estimate of drug-likeness (QED) is 0.771. The topological polar surface area (TPSA) is 70.2 Å². The fraction of sp³-hybridized carbons (Fsp3) is 0.467. The Kier molecular flexibility index (Phi) is 5.12. The van der Waals surface area contributed by atoms with Gasteiger partial charge in [0, 0.05) is 24.3 Å². The van der Waals surface area contributed by atoms with E-state index in [1.807, 2.05) is 0 Å². The van der Waals surface area contributed by atoms with Crippen LogP contribution in [0, 0.1) is 0 Å². The average molecular weight is 275 g/mol. The van der Waals surface area contributed by atoms with Crippen LogP contribution in [0.1, 0.15) is 32.6 Å². The Labute approximate surface area is 119 Å². The summed E-state index contributed by atoms with van der Waals surface area (Å²) in [7, 11) is 0. The fourth-order valence-electron chi connectivity index (χ4n) is 2.45. The number of carbonyl (C=O) groups excluding carboxylic acids is 2. The predicted molar refractivity (Wildman–Crippen MR) is 79.6 cm³/mol. The molecule has 0 heterocycles. The maximum Gasteiger partial charge on any atom is 0.238 e. The van der Waals surface area contributed by atoms with E-state index in [4.69, 9.17) is 0 Å². The molecule has 0 saturated heterocycles. The predicted octanol–water partition coefficient (Wildman–Crippen LogP) is 2.12. The first kappa shape index (κ1) is 14.5. The number of benzene rings is 1. The van der Waals surface area contributed by atoms with E-state index in [1.54, 1.807) is 24.3 Å². The molecule has 1 aromatic rings. The number of carbonyl (C=O) groups is 2. The molecule has 108 valence electrons. The second-order valence-corrected chi connectivity index (χ2v) is 5.17. The largest absolute Gasteiger partial charge is 0.326 e. The van der Waals surface area contributed by atoms with E-state index < -0.39 is 0 Å². The van der Waals surface area contributed by atoms with Gasteiger partial charge in [0.05, 0.1) is 6.54 Å². The highest BCUT2D eigenvalue weighted by Gasteiger charge is 2.15. The maximum absolute atomic E-state index is 11.8. The maximum atomic E-state index is 11.8. The Balaban J connectivity index is 1.82. The molecule has 5 heteroatoms. The van der Waals surface area contributed by atoms with Crippen molar-refractivity contribution in [2.24, 2.45) is 0 Å². The van der Waals surface area contributed by atoms with Crippen molar-refractivity contribution in [2.45, 2.75) is 38.6 Å². The van der Waals surface area contributed by atoms with E-state index in [1.165, 1.54) is 19.8 Å². The van der Waals surface area contributed by atoms with Crippen LogP contribution in [0.4, 0.5) is 11.4 Å². The lowest BCUT2D eigenvalue weighted by Gasteiger charge is -2.12. The van der Waals surface area contributed by atoms with Crippen LogP contribution < -0.4 is 16.0 Å². The number of hydrogen-bond acceptors (Lipinski definition) is 3. The van der Waals surface area contributed by atoms with Gasteiger partial charge in [0.2, 0.25) is 11.8 Å². The summed E-state index contributed by atoms with van der Waals surface area (Å²) in [6.07, 6.45) is 4.81. The van der Waals surface area contributed by atoms with Crippen molar-refractivity contribution in [3.63, 3.8) is 0 Å². The molecule has 1 aromatic carbocycles. The highest BCUT2D eigenvalue weighted by molar-refractivity contribution is 5.94. The van der Waals surface area contributed by atoms with Crippen molar-refractivity contribution in [3.05, 3.63) is 24.3 Å². The molecule has 0 aromatic heterocycles. The van der Waals surface area contributed by atoms with Gasteiger partial charge in [-0.05, 0) is 31.0 Å². The van der Waals surface area contributed by atoms with Gasteiger partial charge in [-0.15, -0.1) is 0 Å². The van der Waals surface area contributed by atoms with Crippen molar-refractivity contribution in [1.29, 1.82) is 0 Å². The van der Waals surface area contributed by atoms with E-state index in [0.717, 1.165) is 12.8 Å². The molecule has 0 unspecified atom stereocenters. The summed E-state index contributed by atoms with van der Waals surface area (Å²) >= 11 is 0. The minimum atomic E-state index is -0.128. The monoisotopic (exact) mass is 275 g/mol. The molecule has 0 aliphatic heterocycles. The second kappa shape index (κ2) is 7.05. The van der Waals surface area contributed by atoms with Crippen LogP contribution in [0.25, 0.3) is 0 Å². The fourth-order valence-corrected chi connectivity index (χ4v) is 2.45. The first-order valence-electron chi connectivity index (χ1n) is 7.04. The zero-order valence-corrected chi connectivity index (χ0v) is 11.7. The molecule has 2 rings (SSSR count). The zero-order valence-electron chi connectivity index (χ0n) is 11.7. The summed E-state index contributed by atoms with van der Waals surface area (Å²) in [5.74, 6) is -0.187. The minimum Gasteiger partial charge on any atom is -0.326 e. The molecule has 1 aliphatic rings. The molecule has 0 bridgehead atoms. The minimum absolute atomic E-state index is 0.0584. The van der Waals surface area contributed by atoms with Gasteiger partial charge in [-0.25, -0.2) is 0 Å². The van der Waals surface area contributed by atoms with Crippen LogP contribution in [0.2, 0.25) is 0 Å². The van der Waals surface area contributed by atoms with Gasteiger partial charge in [0.15, 0.2) is 0 Å². The van der Waals surface area contributed by atoms with Gasteiger partial charge in [0.25, 0.3) is 0 Å². The van der Waals surface area contributed by atoms with Gasteiger partial charge < -0.3 is 16.0 Å². The Morgan fingerprint density at radius 1 is 1.15 bits per heavy atom. The Morgan fingerprint density at radius 2 is 1.80 bits per heavy atom. The van der Waals surface area contributed by atoms with Crippen LogP contribution in [0.3, 0.4) is 0 Å². The molecular weight excluding hydrogens is 254 g/mol. The van der Waals surface area contributed by atoms with Crippen LogP contribution in [0.15, 0.2) is 24.3 Å². The van der Waals surface area contributed by atoms with E-state index >= 15 is 0 Å². The van der Waals surface area contributed by atoms with Gasteiger partial charge in [0.1, 0.15) is 0 Å². The van der Waals surface area contributed by atoms with Crippen molar-refractivity contribution >= 4 is 23.2 Å². The first-order valence-corrected chi connectivity index (χ1v) is 7.04.